The molecule has 0 saturated carbocycles. The molecule has 5 heteroatoms. The Morgan fingerprint density at radius 1 is 1.38 bits per heavy atom. The second kappa shape index (κ2) is 5.58. The fraction of sp³-hybridized carbons (Fsp3) is 0.364. The average Bonchev–Trinajstić information content (AvgIpc) is 2.83. The number of carbonyl (C=O) groups excluding carboxylic acids is 1. The minimum Gasteiger partial charge on any atom is -0.259 e. The Morgan fingerprint density at radius 3 is 2.88 bits per heavy atom. The third kappa shape index (κ3) is 3.02. The van der Waals surface area contributed by atoms with Gasteiger partial charge in [0, 0.05) is 5.56 Å². The Hall–Kier alpha value is -1.45. The zero-order valence-corrected chi connectivity index (χ0v) is 9.56. The van der Waals surface area contributed by atoms with E-state index in [2.05, 4.69) is 15.1 Å². The zero-order valence-electron chi connectivity index (χ0n) is 8.74. The lowest BCUT2D eigenvalue weighted by molar-refractivity contribution is 0.0992. The largest absolute Gasteiger partial charge is 0.360 e. The molecule has 82 valence electrons. The summed E-state index contributed by atoms with van der Waals surface area (Å²) in [7, 11) is 0. The Morgan fingerprint density at radius 2 is 2.19 bits per heavy atom. The summed E-state index contributed by atoms with van der Waals surface area (Å²) in [5.41, 5.74) is 0.542. The summed E-state index contributed by atoms with van der Waals surface area (Å²) in [5, 5.41) is 7.74. The average molecular weight is 234 g/mol. The lowest BCUT2D eigenvalue weighted by Gasteiger charge is -1.86. The SMILES string of the molecule is O=C(N=[N+]=N[C@H]1CCCS1)c1ccccc1. The van der Waals surface area contributed by atoms with Crippen LogP contribution in [-0.4, -0.2) is 17.0 Å². The van der Waals surface area contributed by atoms with Gasteiger partial charge in [-0.05, 0) is 30.7 Å². The van der Waals surface area contributed by atoms with Crippen LogP contribution in [0, 0.1) is 0 Å². The van der Waals surface area contributed by atoms with Crippen molar-refractivity contribution in [2.24, 2.45) is 10.2 Å². The number of hydrogen-bond acceptors (Lipinski definition) is 3. The van der Waals surface area contributed by atoms with Crippen LogP contribution in [0.3, 0.4) is 0 Å². The Bertz CT molecular complexity index is 420. The van der Waals surface area contributed by atoms with Crippen LogP contribution in [0.1, 0.15) is 23.2 Å². The molecule has 0 radical (unpaired) electrons. The van der Waals surface area contributed by atoms with Crippen LogP contribution in [0.4, 0.5) is 0 Å². The van der Waals surface area contributed by atoms with Crippen LogP contribution in [0.15, 0.2) is 40.6 Å². The topological polar surface area (TPSA) is 55.9 Å². The number of hydrogen-bond donors (Lipinski definition) is 0. The van der Waals surface area contributed by atoms with Crippen molar-refractivity contribution in [3.63, 3.8) is 0 Å². The maximum atomic E-state index is 11.5. The Balaban J connectivity index is 1.99. The lowest BCUT2D eigenvalue weighted by atomic mass is 10.2. The molecule has 1 saturated heterocycles. The van der Waals surface area contributed by atoms with Gasteiger partial charge >= 0.3 is 5.91 Å². The highest BCUT2D eigenvalue weighted by molar-refractivity contribution is 8.00. The van der Waals surface area contributed by atoms with E-state index in [1.807, 2.05) is 6.07 Å². The van der Waals surface area contributed by atoms with Crippen LogP contribution in [-0.2, 0) is 0 Å². The minimum atomic E-state index is -0.340. The van der Waals surface area contributed by atoms with Crippen molar-refractivity contribution < 1.29 is 4.79 Å². The molecule has 1 aliphatic heterocycles. The third-order valence-corrected chi connectivity index (χ3v) is 3.48. The van der Waals surface area contributed by atoms with Crippen LogP contribution in [0.5, 0.6) is 0 Å². The molecule has 1 aliphatic rings. The maximum Gasteiger partial charge on any atom is 0.360 e. The molecule has 1 fully saturated rings. The predicted molar refractivity (Wildman–Crippen MR) is 63.2 cm³/mol. The molecule has 4 nitrogen and oxygen atoms in total. The highest BCUT2D eigenvalue weighted by Crippen LogP contribution is 2.26. The normalized spacial score (nSPS) is 18.9. The second-order valence-electron chi connectivity index (χ2n) is 3.44. The number of nitrogens with zero attached hydrogens (tertiary/aromatic N) is 3. The van der Waals surface area contributed by atoms with Gasteiger partial charge in [-0.2, -0.15) is 0 Å². The van der Waals surface area contributed by atoms with Crippen molar-refractivity contribution in [1.29, 1.82) is 0 Å². The molecule has 0 spiro atoms. The van der Waals surface area contributed by atoms with E-state index in [0.717, 1.165) is 12.2 Å². The molecule has 1 heterocycles. The van der Waals surface area contributed by atoms with Gasteiger partial charge in [0.25, 0.3) is 0 Å². The number of benzene rings is 1. The minimum absolute atomic E-state index is 0.187. The van der Waals surface area contributed by atoms with Crippen LogP contribution < -0.4 is 4.91 Å². The van der Waals surface area contributed by atoms with Crippen molar-refractivity contribution in [2.45, 2.75) is 18.2 Å². The molecule has 1 amide bonds. The second-order valence-corrected chi connectivity index (χ2v) is 4.73. The van der Waals surface area contributed by atoms with Gasteiger partial charge < -0.3 is 0 Å². The van der Waals surface area contributed by atoms with Gasteiger partial charge in [-0.3, -0.25) is 4.79 Å². The first-order valence-corrected chi connectivity index (χ1v) is 6.23. The zero-order chi connectivity index (χ0) is 11.2. The number of rotatable bonds is 2. The van der Waals surface area contributed by atoms with Gasteiger partial charge in [0.2, 0.25) is 10.0 Å². The van der Waals surface area contributed by atoms with Gasteiger partial charge in [-0.1, -0.05) is 18.2 Å². The molecule has 0 bridgehead atoms. The first-order chi connectivity index (χ1) is 7.86. The molecule has 0 N–H and O–H groups in total. The molecular weight excluding hydrogens is 222 g/mol. The summed E-state index contributed by atoms with van der Waals surface area (Å²) in [5.74, 6) is 0.781. The number of amides is 1. The summed E-state index contributed by atoms with van der Waals surface area (Å²) in [6, 6.07) is 8.88. The van der Waals surface area contributed by atoms with E-state index < -0.39 is 0 Å². The van der Waals surface area contributed by atoms with Crippen molar-refractivity contribution in [3.8, 4) is 0 Å². The molecule has 1 aromatic rings. The summed E-state index contributed by atoms with van der Waals surface area (Å²) < 4.78 is 0. The number of carbonyl (C=O) groups is 1. The van der Waals surface area contributed by atoms with Crippen LogP contribution >= 0.6 is 11.8 Å². The van der Waals surface area contributed by atoms with E-state index in [9.17, 15) is 4.79 Å². The lowest BCUT2D eigenvalue weighted by Crippen LogP contribution is -1.95. The molecule has 16 heavy (non-hydrogen) atoms. The molecular formula is C11H12N3OS+. The molecule has 2 rings (SSSR count). The van der Waals surface area contributed by atoms with Crippen molar-refractivity contribution in [3.05, 3.63) is 35.9 Å². The van der Waals surface area contributed by atoms with Gasteiger partial charge in [0.05, 0.1) is 0 Å². The van der Waals surface area contributed by atoms with Crippen molar-refractivity contribution in [1.82, 2.24) is 4.91 Å². The maximum absolute atomic E-state index is 11.5. The van der Waals surface area contributed by atoms with Crippen LogP contribution in [0.25, 0.3) is 0 Å². The molecule has 0 aliphatic carbocycles. The summed E-state index contributed by atoms with van der Waals surface area (Å²) in [6.07, 6.45) is 2.20. The van der Waals surface area contributed by atoms with Gasteiger partial charge in [-0.15, -0.1) is 11.8 Å². The monoisotopic (exact) mass is 234 g/mol. The molecule has 0 unspecified atom stereocenters. The molecule has 0 aromatic heterocycles. The summed E-state index contributed by atoms with van der Waals surface area (Å²) in [4.78, 5) is 15.1. The quantitative estimate of drug-likeness (QED) is 0.583. The standard InChI is InChI=1S/C11H12N3OS/c15-11(9-5-2-1-3-6-9)13-14-12-10-7-4-8-16-10/h1-3,5-6,10H,4,7-8H2/q+1/t10-/m1/s1. The third-order valence-electron chi connectivity index (χ3n) is 2.24. The highest BCUT2D eigenvalue weighted by Gasteiger charge is 2.19. The van der Waals surface area contributed by atoms with E-state index in [4.69, 9.17) is 0 Å². The predicted octanol–water partition coefficient (Wildman–Crippen LogP) is 2.65. The summed E-state index contributed by atoms with van der Waals surface area (Å²) in [6.45, 7) is 0. The molecule has 1 aromatic carbocycles. The van der Waals surface area contributed by atoms with Crippen molar-refractivity contribution in [2.75, 3.05) is 5.75 Å². The van der Waals surface area contributed by atoms with Gasteiger partial charge in [0.1, 0.15) is 5.11 Å². The van der Waals surface area contributed by atoms with Gasteiger partial charge in [0.15, 0.2) is 5.37 Å². The van der Waals surface area contributed by atoms with Crippen LogP contribution in [0.2, 0.25) is 0 Å². The van der Waals surface area contributed by atoms with E-state index in [0.29, 0.717) is 5.56 Å². The van der Waals surface area contributed by atoms with E-state index in [-0.39, 0.29) is 11.3 Å². The molecule has 1 atom stereocenters. The van der Waals surface area contributed by atoms with E-state index in [1.54, 1.807) is 36.0 Å². The first-order valence-electron chi connectivity index (χ1n) is 5.18. The van der Waals surface area contributed by atoms with E-state index >= 15 is 0 Å². The fourth-order valence-electron chi connectivity index (χ4n) is 1.41. The van der Waals surface area contributed by atoms with Crippen molar-refractivity contribution >= 4 is 17.7 Å². The smallest absolute Gasteiger partial charge is 0.259 e. The van der Waals surface area contributed by atoms with E-state index in [1.165, 1.54) is 6.42 Å². The Kier molecular flexibility index (Phi) is 3.86. The number of thioether (sulfide) groups is 1. The Labute approximate surface area is 97.9 Å². The summed E-state index contributed by atoms with van der Waals surface area (Å²) >= 11 is 1.76. The highest BCUT2D eigenvalue weighted by atomic mass is 32.2. The van der Waals surface area contributed by atoms with Gasteiger partial charge in [-0.25, -0.2) is 0 Å². The fourth-order valence-corrected chi connectivity index (χ4v) is 2.46. The first kappa shape index (κ1) is 11.0.